The Labute approximate surface area is 322 Å². The predicted octanol–water partition coefficient (Wildman–Crippen LogP) is 1.57. The summed E-state index contributed by atoms with van der Waals surface area (Å²) in [4.78, 5) is 13.5. The van der Waals surface area contributed by atoms with Gasteiger partial charge in [0.15, 0.2) is 12.6 Å². The van der Waals surface area contributed by atoms with E-state index in [1.165, 1.54) is 5.57 Å². The lowest BCUT2D eigenvalue weighted by Crippen LogP contribution is -2.62. The molecule has 6 aliphatic rings. The van der Waals surface area contributed by atoms with E-state index in [0.29, 0.717) is 30.6 Å². The number of hydrogen-bond acceptors (Lipinski definition) is 14. The van der Waals surface area contributed by atoms with E-state index in [2.05, 4.69) is 19.9 Å². The molecule has 0 amide bonds. The molecular weight excluding hydrogens is 716 g/mol. The monoisotopic (exact) mass is 776 g/mol. The van der Waals surface area contributed by atoms with Gasteiger partial charge in [0.05, 0.1) is 33.5 Å². The molecule has 7 rings (SSSR count). The van der Waals surface area contributed by atoms with E-state index in [-0.39, 0.29) is 34.6 Å². The number of aliphatic hydroxyl groups is 7. The maximum Gasteiger partial charge on any atom is 0.186 e. The number of benzene rings is 1. The normalized spacial score (nSPS) is 46.9. The molecule has 2 aliphatic heterocycles. The molecule has 5 fully saturated rings. The van der Waals surface area contributed by atoms with Gasteiger partial charge in [0.1, 0.15) is 66.1 Å². The highest BCUT2D eigenvalue weighted by Gasteiger charge is 2.63. The minimum absolute atomic E-state index is 0.0286. The minimum Gasteiger partial charge on any atom is -0.497 e. The van der Waals surface area contributed by atoms with Crippen LogP contribution >= 0.6 is 0 Å². The summed E-state index contributed by atoms with van der Waals surface area (Å²) in [5, 5.41) is 72.5. The van der Waals surface area contributed by atoms with Crippen molar-refractivity contribution >= 4 is 5.78 Å². The highest BCUT2D eigenvalue weighted by atomic mass is 16.7. The minimum atomic E-state index is -1.65. The van der Waals surface area contributed by atoms with Crippen LogP contribution in [-0.4, -0.2) is 136 Å². The van der Waals surface area contributed by atoms with Gasteiger partial charge < -0.3 is 64.2 Å². The molecule has 14 heteroatoms. The van der Waals surface area contributed by atoms with Crippen LogP contribution in [0, 0.1) is 34.5 Å². The van der Waals surface area contributed by atoms with E-state index in [9.17, 15) is 40.5 Å². The van der Waals surface area contributed by atoms with Gasteiger partial charge in [-0.05, 0) is 105 Å². The number of allylic oxidation sites excluding steroid dienone is 1. The number of methoxy groups -OCH3 is 2. The number of aliphatic hydroxyl groups excluding tert-OH is 7. The number of hydrogen-bond donors (Lipinski definition) is 7. The van der Waals surface area contributed by atoms with Crippen molar-refractivity contribution in [2.45, 2.75) is 139 Å². The molecule has 0 bridgehead atoms. The molecule has 18 atom stereocenters. The Morgan fingerprint density at radius 1 is 0.855 bits per heavy atom. The average molecular weight is 777 g/mol. The molecule has 9 unspecified atom stereocenters. The fourth-order valence-corrected chi connectivity index (χ4v) is 11.7. The Kier molecular flexibility index (Phi) is 11.8. The van der Waals surface area contributed by atoms with Crippen molar-refractivity contribution in [1.29, 1.82) is 0 Å². The van der Waals surface area contributed by atoms with Gasteiger partial charge in [-0.25, -0.2) is 0 Å². The second-order valence-corrected chi connectivity index (χ2v) is 17.4. The van der Waals surface area contributed by atoms with Gasteiger partial charge in [0, 0.05) is 11.5 Å². The van der Waals surface area contributed by atoms with Crippen LogP contribution in [0.4, 0.5) is 0 Å². The third kappa shape index (κ3) is 7.07. The molecule has 2 saturated heterocycles. The number of Topliss-reactive ketones (excluding diaryl/α,β-unsaturated/α-hetero) is 1. The van der Waals surface area contributed by atoms with Crippen molar-refractivity contribution in [3.8, 4) is 11.5 Å². The summed E-state index contributed by atoms with van der Waals surface area (Å²) >= 11 is 0. The van der Waals surface area contributed by atoms with E-state index in [1.54, 1.807) is 21.1 Å². The summed E-state index contributed by atoms with van der Waals surface area (Å²) in [7, 11) is 3.33. The van der Waals surface area contributed by atoms with Crippen LogP contribution in [0.25, 0.3) is 0 Å². The van der Waals surface area contributed by atoms with Crippen LogP contribution in [0.5, 0.6) is 11.5 Å². The maximum atomic E-state index is 13.5. The lowest BCUT2D eigenvalue weighted by Gasteiger charge is -2.58. The van der Waals surface area contributed by atoms with Gasteiger partial charge in [-0.15, -0.1) is 0 Å². The highest BCUT2D eigenvalue weighted by Crippen LogP contribution is 2.69. The van der Waals surface area contributed by atoms with Crippen LogP contribution in [0.2, 0.25) is 0 Å². The Morgan fingerprint density at radius 3 is 2.22 bits per heavy atom. The first-order valence-corrected chi connectivity index (χ1v) is 19.9. The summed E-state index contributed by atoms with van der Waals surface area (Å²) in [6, 6.07) is 5.88. The first kappa shape index (κ1) is 41.0. The number of rotatable bonds is 10. The van der Waals surface area contributed by atoms with Crippen molar-refractivity contribution < 1.29 is 69.0 Å². The van der Waals surface area contributed by atoms with Gasteiger partial charge in [-0.1, -0.05) is 25.5 Å². The van der Waals surface area contributed by atoms with Crippen molar-refractivity contribution in [2.24, 2.45) is 34.5 Å². The Balaban J connectivity index is 1.04. The zero-order valence-electron chi connectivity index (χ0n) is 32.4. The van der Waals surface area contributed by atoms with Crippen LogP contribution < -0.4 is 9.47 Å². The quantitative estimate of drug-likeness (QED) is 0.168. The molecule has 0 aromatic heterocycles. The summed E-state index contributed by atoms with van der Waals surface area (Å²) in [6.07, 6.45) is -6.68. The molecule has 0 spiro atoms. The third-order valence-corrected chi connectivity index (χ3v) is 14.7. The van der Waals surface area contributed by atoms with Crippen LogP contribution in [0.15, 0.2) is 29.8 Å². The molecular formula is C41H60O14. The van der Waals surface area contributed by atoms with E-state index in [0.717, 1.165) is 49.2 Å². The van der Waals surface area contributed by atoms with E-state index < -0.39 is 74.6 Å². The second-order valence-electron chi connectivity index (χ2n) is 17.4. The molecule has 14 nitrogen and oxygen atoms in total. The number of fused-ring (bicyclic) bond motifs is 5. The Bertz CT molecular complexity index is 1570. The Morgan fingerprint density at radius 2 is 1.55 bits per heavy atom. The predicted molar refractivity (Wildman–Crippen MR) is 195 cm³/mol. The van der Waals surface area contributed by atoms with Crippen LogP contribution in [0.3, 0.4) is 0 Å². The molecule has 2 heterocycles. The van der Waals surface area contributed by atoms with Crippen molar-refractivity contribution in [3.63, 3.8) is 0 Å². The van der Waals surface area contributed by atoms with Crippen molar-refractivity contribution in [2.75, 3.05) is 27.4 Å². The maximum absolute atomic E-state index is 13.5. The Hall–Kier alpha value is -2.21. The lowest BCUT2D eigenvalue weighted by molar-refractivity contribution is -0.336. The summed E-state index contributed by atoms with van der Waals surface area (Å²) in [5.74, 6) is 2.87. The zero-order chi connectivity index (χ0) is 39.6. The molecule has 1 aromatic carbocycles. The van der Waals surface area contributed by atoms with Gasteiger partial charge in [-0.3, -0.25) is 4.79 Å². The lowest BCUT2D eigenvalue weighted by atomic mass is 9.47. The van der Waals surface area contributed by atoms with Crippen LogP contribution in [-0.2, 0) is 23.7 Å². The first-order chi connectivity index (χ1) is 26.2. The third-order valence-electron chi connectivity index (χ3n) is 14.7. The van der Waals surface area contributed by atoms with E-state index in [4.69, 9.17) is 28.4 Å². The van der Waals surface area contributed by atoms with Gasteiger partial charge in [0.25, 0.3) is 0 Å². The van der Waals surface area contributed by atoms with E-state index in [1.807, 2.05) is 18.2 Å². The van der Waals surface area contributed by atoms with Crippen LogP contribution in [0.1, 0.15) is 77.2 Å². The number of carbonyl (C=O) groups is 1. The number of carbonyl (C=O) groups excluding carboxylic acids is 1. The largest absolute Gasteiger partial charge is 0.497 e. The number of ketones is 1. The molecule has 4 aliphatic carbocycles. The highest BCUT2D eigenvalue weighted by molar-refractivity contribution is 5.81. The standard InChI is InChI=1S/C41H60O14/c1-19(43)31-25(24-15-21(50-4)7-9-28(24)51-5)16-27-23-8-6-20-14-22(10-12-40(20,2)26(23)11-13-41(27,31)3)53-39-37(49)35(47)33(45)30(55-39)18-52-38-36(48)34(46)32(44)29(17-42)54-38/h6-7,9,15,22-23,25-27,29-39,42,44-49H,8,10-14,16-18H2,1-5H3/t22?,23?,25?,26?,27?,29-,30-,31?,32-,33-,34+,35+,36-,37-,38-,39?,40?,41?/m1/s1. The first-order valence-electron chi connectivity index (χ1n) is 19.9. The molecule has 7 N–H and O–H groups in total. The van der Waals surface area contributed by atoms with Gasteiger partial charge in [0.2, 0.25) is 0 Å². The second kappa shape index (κ2) is 15.9. The van der Waals surface area contributed by atoms with E-state index >= 15 is 0 Å². The smallest absolute Gasteiger partial charge is 0.186 e. The summed E-state index contributed by atoms with van der Waals surface area (Å²) in [6.45, 7) is 5.40. The zero-order valence-corrected chi connectivity index (χ0v) is 32.4. The molecule has 0 radical (unpaired) electrons. The fourth-order valence-electron chi connectivity index (χ4n) is 11.7. The summed E-state index contributed by atoms with van der Waals surface area (Å²) in [5.41, 5.74) is 2.15. The van der Waals surface area contributed by atoms with Crippen molar-refractivity contribution in [3.05, 3.63) is 35.4 Å². The molecule has 1 aromatic rings. The molecule has 55 heavy (non-hydrogen) atoms. The fraction of sp³-hybridized carbons (Fsp3) is 0.780. The average Bonchev–Trinajstić information content (AvgIpc) is 3.50. The number of ether oxygens (including phenoxy) is 6. The molecule has 3 saturated carbocycles. The topological polar surface area (TPSA) is 214 Å². The molecule has 308 valence electrons. The SMILES string of the molecule is COc1ccc(OC)c(C2CC3C4CC=C5CC(OC6O[C@H](CO[C@@H]7O[C@H](CO)[C@@H](O)[C@H](O)[C@H]7O)[C@@H](O)[C@H](O)[C@H]6O)CCC5(C)C4CCC3(C)C2C(C)=O)c1. The van der Waals surface area contributed by atoms with Gasteiger partial charge >= 0.3 is 0 Å². The van der Waals surface area contributed by atoms with Crippen molar-refractivity contribution in [1.82, 2.24) is 0 Å². The summed E-state index contributed by atoms with van der Waals surface area (Å²) < 4.78 is 34.7. The van der Waals surface area contributed by atoms with Gasteiger partial charge in [-0.2, -0.15) is 0 Å².